The number of benzene rings is 1. The van der Waals surface area contributed by atoms with Gasteiger partial charge in [0.25, 0.3) is 0 Å². The number of hydrogen-bond donors (Lipinski definition) is 0. The molecule has 0 amide bonds. The molecule has 0 aliphatic heterocycles. The quantitative estimate of drug-likeness (QED) is 0.683. The highest BCUT2D eigenvalue weighted by molar-refractivity contribution is 5.89. The van der Waals surface area contributed by atoms with E-state index in [1.54, 1.807) is 30.9 Å². The molecular weight excluding hydrogens is 254 g/mol. The zero-order valence-electron chi connectivity index (χ0n) is 11.0. The Morgan fingerprint density at radius 2 is 2.05 bits per heavy atom. The van der Waals surface area contributed by atoms with Gasteiger partial charge in [0.1, 0.15) is 0 Å². The van der Waals surface area contributed by atoms with Crippen molar-refractivity contribution < 1.29 is 9.53 Å². The standard InChI is InChI=1S/C15H13N3O2/c1-20-15(19)12-4-2-11(3-5-12)9-18-10-17-13-6-7-16-8-14(13)18/h2-8,10H,9H2,1H3. The summed E-state index contributed by atoms with van der Waals surface area (Å²) >= 11 is 0. The van der Waals surface area contributed by atoms with E-state index < -0.39 is 0 Å². The highest BCUT2D eigenvalue weighted by atomic mass is 16.5. The lowest BCUT2D eigenvalue weighted by molar-refractivity contribution is 0.0600. The van der Waals surface area contributed by atoms with Crippen molar-refractivity contribution in [3.63, 3.8) is 0 Å². The first-order valence-electron chi connectivity index (χ1n) is 6.20. The van der Waals surface area contributed by atoms with E-state index in [0.717, 1.165) is 16.6 Å². The largest absolute Gasteiger partial charge is 0.465 e. The van der Waals surface area contributed by atoms with Crippen molar-refractivity contribution in [2.45, 2.75) is 6.54 Å². The van der Waals surface area contributed by atoms with Crippen molar-refractivity contribution >= 4 is 17.0 Å². The van der Waals surface area contributed by atoms with Crippen molar-refractivity contribution in [2.75, 3.05) is 7.11 Å². The van der Waals surface area contributed by atoms with Crippen LogP contribution in [0, 0.1) is 0 Å². The third kappa shape index (κ3) is 2.25. The highest BCUT2D eigenvalue weighted by Crippen LogP contribution is 2.13. The molecular formula is C15H13N3O2. The summed E-state index contributed by atoms with van der Waals surface area (Å²) in [6, 6.07) is 9.23. The predicted octanol–water partition coefficient (Wildman–Crippen LogP) is 2.27. The van der Waals surface area contributed by atoms with Crippen LogP contribution in [0.3, 0.4) is 0 Å². The SMILES string of the molecule is COC(=O)c1ccc(Cn2cnc3ccncc32)cc1. The molecule has 3 aromatic rings. The molecule has 5 heteroatoms. The number of imidazole rings is 1. The van der Waals surface area contributed by atoms with Crippen LogP contribution in [0.1, 0.15) is 15.9 Å². The summed E-state index contributed by atoms with van der Waals surface area (Å²) in [5.41, 5.74) is 3.55. The molecule has 0 aliphatic rings. The van der Waals surface area contributed by atoms with Crippen molar-refractivity contribution in [2.24, 2.45) is 0 Å². The van der Waals surface area contributed by atoms with Gasteiger partial charge in [-0.3, -0.25) is 4.98 Å². The summed E-state index contributed by atoms with van der Waals surface area (Å²) in [6.45, 7) is 0.684. The van der Waals surface area contributed by atoms with Gasteiger partial charge in [-0.2, -0.15) is 0 Å². The number of esters is 1. The molecule has 1 aromatic carbocycles. The molecule has 2 heterocycles. The van der Waals surface area contributed by atoms with E-state index in [-0.39, 0.29) is 5.97 Å². The number of nitrogens with zero attached hydrogens (tertiary/aromatic N) is 3. The first kappa shape index (κ1) is 12.3. The number of carbonyl (C=O) groups is 1. The monoisotopic (exact) mass is 267 g/mol. The van der Waals surface area contributed by atoms with Gasteiger partial charge < -0.3 is 9.30 Å². The molecule has 5 nitrogen and oxygen atoms in total. The van der Waals surface area contributed by atoms with Crippen molar-refractivity contribution in [1.82, 2.24) is 14.5 Å². The molecule has 0 bridgehead atoms. The molecule has 2 aromatic heterocycles. The molecule has 0 radical (unpaired) electrons. The predicted molar refractivity (Wildman–Crippen MR) is 74.4 cm³/mol. The minimum absolute atomic E-state index is 0.325. The Morgan fingerprint density at radius 1 is 1.25 bits per heavy atom. The fraction of sp³-hybridized carbons (Fsp3) is 0.133. The summed E-state index contributed by atoms with van der Waals surface area (Å²) in [5.74, 6) is -0.325. The Labute approximate surface area is 115 Å². The lowest BCUT2D eigenvalue weighted by atomic mass is 10.1. The number of pyridine rings is 1. The van der Waals surface area contributed by atoms with Crippen molar-refractivity contribution in [1.29, 1.82) is 0 Å². The first-order chi connectivity index (χ1) is 9.78. The zero-order valence-corrected chi connectivity index (χ0v) is 11.0. The zero-order chi connectivity index (χ0) is 13.9. The average molecular weight is 267 g/mol. The van der Waals surface area contributed by atoms with E-state index in [1.807, 2.05) is 22.8 Å². The van der Waals surface area contributed by atoms with Crippen LogP contribution in [-0.2, 0) is 11.3 Å². The van der Waals surface area contributed by atoms with Gasteiger partial charge >= 0.3 is 5.97 Å². The number of fused-ring (bicyclic) bond motifs is 1. The topological polar surface area (TPSA) is 57.0 Å². The third-order valence-corrected chi connectivity index (χ3v) is 3.15. The lowest BCUT2D eigenvalue weighted by Gasteiger charge is -2.05. The van der Waals surface area contributed by atoms with Gasteiger partial charge in [-0.1, -0.05) is 12.1 Å². The van der Waals surface area contributed by atoms with E-state index in [0.29, 0.717) is 12.1 Å². The number of ether oxygens (including phenoxy) is 1. The van der Waals surface area contributed by atoms with Crippen LogP contribution in [0.2, 0.25) is 0 Å². The molecule has 0 N–H and O–H groups in total. The molecule has 0 unspecified atom stereocenters. The molecule has 0 saturated heterocycles. The Hall–Kier alpha value is -2.69. The van der Waals surface area contributed by atoms with Crippen LogP contribution >= 0.6 is 0 Å². The van der Waals surface area contributed by atoms with Gasteiger partial charge in [-0.15, -0.1) is 0 Å². The summed E-state index contributed by atoms with van der Waals surface area (Å²) in [7, 11) is 1.38. The van der Waals surface area contributed by atoms with Crippen LogP contribution in [0.4, 0.5) is 0 Å². The molecule has 3 rings (SSSR count). The van der Waals surface area contributed by atoms with Crippen molar-refractivity contribution in [3.8, 4) is 0 Å². The van der Waals surface area contributed by atoms with Gasteiger partial charge in [0, 0.05) is 12.7 Å². The molecule has 100 valence electrons. The summed E-state index contributed by atoms with van der Waals surface area (Å²) < 4.78 is 6.70. The average Bonchev–Trinajstić information content (AvgIpc) is 2.91. The Balaban J connectivity index is 1.86. The minimum Gasteiger partial charge on any atom is -0.465 e. The molecule has 20 heavy (non-hydrogen) atoms. The maximum Gasteiger partial charge on any atom is 0.337 e. The molecule has 0 spiro atoms. The Bertz CT molecular complexity index is 747. The van der Waals surface area contributed by atoms with E-state index in [2.05, 4.69) is 14.7 Å². The second kappa shape index (κ2) is 5.13. The molecule has 0 fully saturated rings. The van der Waals surface area contributed by atoms with Crippen LogP contribution in [-0.4, -0.2) is 27.6 Å². The van der Waals surface area contributed by atoms with Gasteiger partial charge in [-0.25, -0.2) is 9.78 Å². The van der Waals surface area contributed by atoms with E-state index in [1.165, 1.54) is 7.11 Å². The van der Waals surface area contributed by atoms with Crippen molar-refractivity contribution in [3.05, 3.63) is 60.2 Å². The van der Waals surface area contributed by atoms with Gasteiger partial charge in [-0.05, 0) is 23.8 Å². The molecule has 0 atom stereocenters. The van der Waals surface area contributed by atoms with Crippen LogP contribution in [0.15, 0.2) is 49.1 Å². The van der Waals surface area contributed by atoms with Crippen LogP contribution in [0.25, 0.3) is 11.0 Å². The summed E-state index contributed by atoms with van der Waals surface area (Å²) in [5, 5.41) is 0. The van der Waals surface area contributed by atoms with E-state index >= 15 is 0 Å². The minimum atomic E-state index is -0.325. The highest BCUT2D eigenvalue weighted by Gasteiger charge is 2.06. The summed E-state index contributed by atoms with van der Waals surface area (Å²) in [6.07, 6.45) is 5.32. The number of methoxy groups -OCH3 is 1. The lowest BCUT2D eigenvalue weighted by Crippen LogP contribution is -2.02. The van der Waals surface area contributed by atoms with Crippen LogP contribution < -0.4 is 0 Å². The number of aromatic nitrogens is 3. The van der Waals surface area contributed by atoms with Gasteiger partial charge in [0.2, 0.25) is 0 Å². The Kier molecular flexibility index (Phi) is 3.16. The number of carbonyl (C=O) groups excluding carboxylic acids is 1. The Morgan fingerprint density at radius 3 is 2.80 bits per heavy atom. The second-order valence-corrected chi connectivity index (χ2v) is 4.43. The molecule has 0 aliphatic carbocycles. The number of hydrogen-bond acceptors (Lipinski definition) is 4. The van der Waals surface area contributed by atoms with Crippen LogP contribution in [0.5, 0.6) is 0 Å². The van der Waals surface area contributed by atoms with Gasteiger partial charge in [0.05, 0.1) is 36.2 Å². The number of rotatable bonds is 3. The van der Waals surface area contributed by atoms with E-state index in [9.17, 15) is 4.79 Å². The maximum atomic E-state index is 11.4. The maximum absolute atomic E-state index is 11.4. The second-order valence-electron chi connectivity index (χ2n) is 4.43. The third-order valence-electron chi connectivity index (χ3n) is 3.15. The summed E-state index contributed by atoms with van der Waals surface area (Å²) in [4.78, 5) is 19.8. The normalized spacial score (nSPS) is 10.7. The molecule has 0 saturated carbocycles. The fourth-order valence-electron chi connectivity index (χ4n) is 2.09. The first-order valence-corrected chi connectivity index (χ1v) is 6.20. The fourth-order valence-corrected chi connectivity index (χ4v) is 2.09. The van der Waals surface area contributed by atoms with E-state index in [4.69, 9.17) is 0 Å². The van der Waals surface area contributed by atoms with Gasteiger partial charge in [0.15, 0.2) is 0 Å². The smallest absolute Gasteiger partial charge is 0.337 e.